The minimum absolute atomic E-state index is 0.124. The van der Waals surface area contributed by atoms with Crippen LogP contribution < -0.4 is 0 Å². The van der Waals surface area contributed by atoms with Gasteiger partial charge in [0.2, 0.25) is 0 Å². The molecule has 0 bridgehead atoms. The molecule has 0 saturated heterocycles. The maximum absolute atomic E-state index is 11.3. The van der Waals surface area contributed by atoms with E-state index in [1.54, 1.807) is 48.8 Å². The Labute approximate surface area is 124 Å². The normalized spacial score (nSPS) is 10.5. The summed E-state index contributed by atoms with van der Waals surface area (Å²) in [6.45, 7) is 0. The first-order chi connectivity index (χ1) is 10.2. The monoisotopic (exact) mass is 300 g/mol. The third-order valence-corrected chi connectivity index (χ3v) is 3.11. The van der Waals surface area contributed by atoms with Crippen LogP contribution in [0.1, 0.15) is 10.5 Å². The van der Waals surface area contributed by atoms with Crippen molar-refractivity contribution in [2.45, 2.75) is 0 Å². The van der Waals surface area contributed by atoms with Gasteiger partial charge in [0, 0.05) is 23.0 Å². The molecule has 21 heavy (non-hydrogen) atoms. The third-order valence-electron chi connectivity index (χ3n) is 2.88. The molecule has 0 unspecified atom stereocenters. The van der Waals surface area contributed by atoms with E-state index in [4.69, 9.17) is 11.6 Å². The summed E-state index contributed by atoms with van der Waals surface area (Å²) in [5.74, 6) is -1.14. The zero-order valence-electron chi connectivity index (χ0n) is 10.6. The first kappa shape index (κ1) is 13.3. The summed E-state index contributed by atoms with van der Waals surface area (Å²) in [5, 5.41) is 17.5. The number of pyridine rings is 1. The van der Waals surface area contributed by atoms with Crippen LogP contribution in [0, 0.1) is 0 Å². The second kappa shape index (κ2) is 5.34. The Balaban J connectivity index is 2.25. The average molecular weight is 301 g/mol. The number of hydrogen-bond donors (Lipinski definition) is 1. The van der Waals surface area contributed by atoms with Crippen LogP contribution >= 0.6 is 11.6 Å². The number of carboxylic acids is 1. The molecule has 2 heterocycles. The maximum Gasteiger partial charge on any atom is 0.358 e. The minimum Gasteiger partial charge on any atom is -0.476 e. The standard InChI is InChI=1S/C14H9ClN4O2/c15-10-2-1-3-11(8-10)19-13(9-4-6-16-7-5-9)12(14(20)21)17-18-19/h1-8H,(H,20,21). The molecule has 0 spiro atoms. The highest BCUT2D eigenvalue weighted by atomic mass is 35.5. The number of aromatic nitrogens is 4. The lowest BCUT2D eigenvalue weighted by atomic mass is 10.1. The number of carbonyl (C=O) groups is 1. The van der Waals surface area contributed by atoms with E-state index in [-0.39, 0.29) is 5.69 Å². The third kappa shape index (κ3) is 2.48. The number of benzene rings is 1. The van der Waals surface area contributed by atoms with Gasteiger partial charge in [-0.05, 0) is 30.3 Å². The summed E-state index contributed by atoms with van der Waals surface area (Å²) < 4.78 is 1.45. The van der Waals surface area contributed by atoms with E-state index in [9.17, 15) is 9.90 Å². The van der Waals surface area contributed by atoms with Gasteiger partial charge in [-0.1, -0.05) is 22.9 Å². The Morgan fingerprint density at radius 2 is 1.95 bits per heavy atom. The molecule has 2 aromatic heterocycles. The lowest BCUT2D eigenvalue weighted by molar-refractivity contribution is 0.0691. The van der Waals surface area contributed by atoms with Crippen molar-refractivity contribution in [3.8, 4) is 16.9 Å². The first-order valence-electron chi connectivity index (χ1n) is 6.02. The van der Waals surface area contributed by atoms with Crippen molar-refractivity contribution in [3.05, 3.63) is 59.5 Å². The van der Waals surface area contributed by atoms with Crippen molar-refractivity contribution in [1.29, 1.82) is 0 Å². The van der Waals surface area contributed by atoms with E-state index in [1.165, 1.54) is 4.68 Å². The van der Waals surface area contributed by atoms with E-state index in [2.05, 4.69) is 15.3 Å². The molecule has 0 aliphatic carbocycles. The van der Waals surface area contributed by atoms with E-state index in [0.717, 1.165) is 0 Å². The summed E-state index contributed by atoms with van der Waals surface area (Å²) in [7, 11) is 0. The quantitative estimate of drug-likeness (QED) is 0.804. The van der Waals surface area contributed by atoms with Crippen LogP contribution in [-0.2, 0) is 0 Å². The predicted octanol–water partition coefficient (Wildman–Crippen LogP) is 2.68. The molecule has 1 N–H and O–H groups in total. The van der Waals surface area contributed by atoms with Crippen LogP contribution in [0.4, 0.5) is 0 Å². The molecule has 7 heteroatoms. The van der Waals surface area contributed by atoms with Crippen LogP contribution in [0.5, 0.6) is 0 Å². The lowest BCUT2D eigenvalue weighted by Gasteiger charge is -2.07. The second-order valence-corrected chi connectivity index (χ2v) is 4.66. The van der Waals surface area contributed by atoms with Gasteiger partial charge in [-0.2, -0.15) is 0 Å². The van der Waals surface area contributed by atoms with Crippen LogP contribution in [-0.4, -0.2) is 31.1 Å². The Morgan fingerprint density at radius 3 is 2.62 bits per heavy atom. The van der Waals surface area contributed by atoms with Gasteiger partial charge in [0.25, 0.3) is 0 Å². The second-order valence-electron chi connectivity index (χ2n) is 4.22. The number of halogens is 1. The molecule has 3 aromatic rings. The highest BCUT2D eigenvalue weighted by Crippen LogP contribution is 2.25. The number of rotatable bonds is 3. The molecule has 0 fully saturated rings. The smallest absolute Gasteiger partial charge is 0.358 e. The number of nitrogens with zero attached hydrogens (tertiary/aromatic N) is 4. The molecule has 6 nitrogen and oxygen atoms in total. The Morgan fingerprint density at radius 1 is 1.19 bits per heavy atom. The van der Waals surface area contributed by atoms with Crippen molar-refractivity contribution in [2.24, 2.45) is 0 Å². The van der Waals surface area contributed by atoms with Gasteiger partial charge in [-0.25, -0.2) is 9.48 Å². The minimum atomic E-state index is -1.14. The molecule has 0 radical (unpaired) electrons. The lowest BCUT2D eigenvalue weighted by Crippen LogP contribution is -2.03. The summed E-state index contributed by atoms with van der Waals surface area (Å²) in [5.41, 5.74) is 1.55. The van der Waals surface area contributed by atoms with Crippen molar-refractivity contribution < 1.29 is 9.90 Å². The Hall–Kier alpha value is -2.73. The zero-order chi connectivity index (χ0) is 14.8. The van der Waals surface area contributed by atoms with Crippen LogP contribution in [0.3, 0.4) is 0 Å². The van der Waals surface area contributed by atoms with Gasteiger partial charge in [0.05, 0.1) is 5.69 Å². The fourth-order valence-electron chi connectivity index (χ4n) is 1.98. The topological polar surface area (TPSA) is 80.9 Å². The molecular formula is C14H9ClN4O2. The average Bonchev–Trinajstić information content (AvgIpc) is 2.93. The highest BCUT2D eigenvalue weighted by molar-refractivity contribution is 6.30. The molecule has 104 valence electrons. The van der Waals surface area contributed by atoms with Gasteiger partial charge in [-0.3, -0.25) is 4.98 Å². The number of aromatic carboxylic acids is 1. The van der Waals surface area contributed by atoms with Crippen molar-refractivity contribution in [1.82, 2.24) is 20.0 Å². The molecule has 0 aliphatic heterocycles. The number of hydrogen-bond acceptors (Lipinski definition) is 4. The Kier molecular flexibility index (Phi) is 3.37. The summed E-state index contributed by atoms with van der Waals surface area (Å²) in [6.07, 6.45) is 3.16. The van der Waals surface area contributed by atoms with E-state index in [1.807, 2.05) is 0 Å². The molecule has 0 atom stereocenters. The molecule has 3 rings (SSSR count). The van der Waals surface area contributed by atoms with Crippen LogP contribution in [0.15, 0.2) is 48.8 Å². The largest absolute Gasteiger partial charge is 0.476 e. The summed E-state index contributed by atoms with van der Waals surface area (Å²) >= 11 is 5.97. The van der Waals surface area contributed by atoms with E-state index < -0.39 is 5.97 Å². The van der Waals surface area contributed by atoms with Crippen molar-refractivity contribution in [2.75, 3.05) is 0 Å². The fourth-order valence-corrected chi connectivity index (χ4v) is 2.17. The van der Waals surface area contributed by atoms with Gasteiger partial charge in [-0.15, -0.1) is 5.10 Å². The molecule has 1 aromatic carbocycles. The zero-order valence-corrected chi connectivity index (χ0v) is 11.4. The summed E-state index contributed by atoms with van der Waals surface area (Å²) in [6, 6.07) is 10.4. The van der Waals surface area contributed by atoms with Crippen molar-refractivity contribution in [3.63, 3.8) is 0 Å². The van der Waals surface area contributed by atoms with Gasteiger partial charge in [0.15, 0.2) is 5.69 Å². The van der Waals surface area contributed by atoms with Crippen LogP contribution in [0.2, 0.25) is 5.02 Å². The van der Waals surface area contributed by atoms with Crippen LogP contribution in [0.25, 0.3) is 16.9 Å². The molecule has 0 aliphatic rings. The highest BCUT2D eigenvalue weighted by Gasteiger charge is 2.21. The maximum atomic E-state index is 11.3. The first-order valence-corrected chi connectivity index (χ1v) is 6.40. The molecule has 0 amide bonds. The molecular weight excluding hydrogens is 292 g/mol. The SMILES string of the molecule is O=C(O)c1nnn(-c2cccc(Cl)c2)c1-c1ccncc1. The van der Waals surface area contributed by atoms with E-state index >= 15 is 0 Å². The van der Waals surface area contributed by atoms with Gasteiger partial charge < -0.3 is 5.11 Å². The molecule has 0 saturated carbocycles. The predicted molar refractivity (Wildman–Crippen MR) is 76.6 cm³/mol. The summed E-state index contributed by atoms with van der Waals surface area (Å²) in [4.78, 5) is 15.3. The van der Waals surface area contributed by atoms with E-state index in [0.29, 0.717) is 22.0 Å². The fraction of sp³-hybridized carbons (Fsp3) is 0. The van der Waals surface area contributed by atoms with Gasteiger partial charge in [0.1, 0.15) is 5.69 Å². The van der Waals surface area contributed by atoms with Crippen molar-refractivity contribution >= 4 is 17.6 Å². The van der Waals surface area contributed by atoms with Gasteiger partial charge >= 0.3 is 5.97 Å². The Bertz CT molecular complexity index is 802. The number of carboxylic acid groups (broad SMARTS) is 1.